The van der Waals surface area contributed by atoms with Crippen LogP contribution in [0, 0.1) is 0 Å². The summed E-state index contributed by atoms with van der Waals surface area (Å²) in [6, 6.07) is 0. The second kappa shape index (κ2) is 6.01. The van der Waals surface area contributed by atoms with Crippen molar-refractivity contribution < 1.29 is 28.0 Å². The second-order valence-corrected chi connectivity index (χ2v) is 7.27. The summed E-state index contributed by atoms with van der Waals surface area (Å²) in [5.41, 5.74) is 5.59. The van der Waals surface area contributed by atoms with Crippen LogP contribution in [0.4, 0.5) is 0 Å². The van der Waals surface area contributed by atoms with Gasteiger partial charge in [0.2, 0.25) is 0 Å². The Hall–Kier alpha value is -1.22. The van der Waals surface area contributed by atoms with Crippen molar-refractivity contribution in [1.82, 2.24) is 4.90 Å². The number of nitrogens with two attached hydrogens (primary N) is 1. The van der Waals surface area contributed by atoms with Gasteiger partial charge in [0.25, 0.3) is 0 Å². The van der Waals surface area contributed by atoms with Crippen LogP contribution in [-0.2, 0) is 22.9 Å². The van der Waals surface area contributed by atoms with Gasteiger partial charge in [0.05, 0.1) is 12.7 Å². The fourth-order valence-electron chi connectivity index (χ4n) is 2.59. The smallest absolute Gasteiger partial charge is 0.386 e. The van der Waals surface area contributed by atoms with E-state index in [9.17, 15) is 9.67 Å². The zero-order chi connectivity index (χ0) is 16.8. The maximum atomic E-state index is 12.4. The highest BCUT2D eigenvalue weighted by Gasteiger charge is 2.54. The van der Waals surface area contributed by atoms with Crippen molar-refractivity contribution in [3.8, 4) is 0 Å². The van der Waals surface area contributed by atoms with Crippen molar-refractivity contribution in [2.75, 3.05) is 6.61 Å². The zero-order valence-corrected chi connectivity index (χ0v) is 13.8. The third kappa shape index (κ3) is 3.21. The summed E-state index contributed by atoms with van der Waals surface area (Å²) in [7, 11) is -3.72. The molecule has 0 aliphatic carbocycles. The van der Waals surface area contributed by atoms with Gasteiger partial charge in [-0.1, -0.05) is 6.58 Å². The number of hydrogen-bond acceptors (Lipinski definition) is 9. The van der Waals surface area contributed by atoms with Crippen molar-refractivity contribution in [2.24, 2.45) is 10.7 Å². The van der Waals surface area contributed by atoms with Gasteiger partial charge in [0.1, 0.15) is 30.0 Å². The molecule has 3 aliphatic rings. The highest BCUT2D eigenvalue weighted by molar-refractivity contribution is 7.48. The summed E-state index contributed by atoms with van der Waals surface area (Å²) in [4.78, 5) is 5.56. The van der Waals surface area contributed by atoms with Crippen LogP contribution in [0.3, 0.4) is 0 Å². The lowest BCUT2D eigenvalue weighted by molar-refractivity contribution is -0.0816. The van der Waals surface area contributed by atoms with Crippen molar-refractivity contribution >= 4 is 13.7 Å². The second-order valence-electron chi connectivity index (χ2n) is 5.70. The lowest BCUT2D eigenvalue weighted by Gasteiger charge is -2.32. The Bertz CT molecular complexity index is 607. The number of aliphatic hydroxyl groups is 1. The summed E-state index contributed by atoms with van der Waals surface area (Å²) in [5, 5.41) is 10.5. The number of aliphatic imine (C=N–C) groups is 1. The Morgan fingerprint density at radius 3 is 3.00 bits per heavy atom. The monoisotopic (exact) mass is 345 g/mol. The van der Waals surface area contributed by atoms with Crippen molar-refractivity contribution in [2.45, 2.75) is 44.5 Å². The molecule has 10 heteroatoms. The highest BCUT2D eigenvalue weighted by atomic mass is 31.2. The predicted octanol–water partition coefficient (Wildman–Crippen LogP) is 0.678. The van der Waals surface area contributed by atoms with Gasteiger partial charge in [-0.3, -0.25) is 13.6 Å². The van der Waals surface area contributed by atoms with E-state index in [4.69, 9.17) is 24.0 Å². The number of rotatable bonds is 3. The minimum absolute atomic E-state index is 0.00232. The van der Waals surface area contributed by atoms with Crippen LogP contribution in [-0.4, -0.2) is 53.1 Å². The molecule has 2 fully saturated rings. The Morgan fingerprint density at radius 1 is 1.61 bits per heavy atom. The minimum Gasteiger partial charge on any atom is -0.386 e. The van der Waals surface area contributed by atoms with E-state index in [0.29, 0.717) is 11.7 Å². The molecule has 0 radical (unpaired) electrons. The number of ether oxygens (including phenoxy) is 1. The molecule has 23 heavy (non-hydrogen) atoms. The molecular weight excluding hydrogens is 325 g/mol. The molecule has 9 nitrogen and oxygen atoms in total. The van der Waals surface area contributed by atoms with Crippen LogP contribution in [0.15, 0.2) is 29.7 Å². The van der Waals surface area contributed by atoms with E-state index in [1.807, 2.05) is 0 Å². The van der Waals surface area contributed by atoms with E-state index in [1.54, 1.807) is 26.1 Å². The van der Waals surface area contributed by atoms with Gasteiger partial charge in [0.15, 0.2) is 6.23 Å². The molecule has 0 bridgehead atoms. The Balaban J connectivity index is 1.74. The summed E-state index contributed by atoms with van der Waals surface area (Å²) in [6.07, 6.45) is -0.434. The molecular formula is C13H20N3O6P. The van der Waals surface area contributed by atoms with E-state index < -0.39 is 32.4 Å². The van der Waals surface area contributed by atoms with Crippen LogP contribution in [0.5, 0.6) is 0 Å². The average Bonchev–Trinajstić information content (AvgIpc) is 2.75. The topological polar surface area (TPSA) is 116 Å². The van der Waals surface area contributed by atoms with E-state index in [0.717, 1.165) is 0 Å². The molecule has 3 rings (SSSR count). The molecule has 5 atom stereocenters. The first-order valence-electron chi connectivity index (χ1n) is 7.23. The Labute approximate surface area is 134 Å². The highest BCUT2D eigenvalue weighted by Crippen LogP contribution is 2.56. The van der Waals surface area contributed by atoms with Crippen LogP contribution in [0.25, 0.3) is 0 Å². The summed E-state index contributed by atoms with van der Waals surface area (Å²) in [6.45, 7) is 7.20. The van der Waals surface area contributed by atoms with Gasteiger partial charge in [-0.15, -0.1) is 0 Å². The molecule has 0 amide bonds. The molecule has 3 heterocycles. The van der Waals surface area contributed by atoms with Crippen LogP contribution >= 0.6 is 7.82 Å². The van der Waals surface area contributed by atoms with Crippen molar-refractivity contribution in [3.63, 3.8) is 0 Å². The number of aliphatic hydroxyl groups excluding tert-OH is 1. The number of phosphoric acid groups is 1. The fourth-order valence-corrected chi connectivity index (χ4v) is 4.17. The average molecular weight is 345 g/mol. The van der Waals surface area contributed by atoms with Gasteiger partial charge in [-0.2, -0.15) is 0 Å². The largest absolute Gasteiger partial charge is 0.475 e. The molecule has 2 saturated heterocycles. The molecule has 3 aliphatic heterocycles. The molecule has 2 unspecified atom stereocenters. The number of amidine groups is 1. The molecule has 0 aromatic rings. The lowest BCUT2D eigenvalue weighted by Crippen LogP contribution is -2.43. The van der Waals surface area contributed by atoms with E-state index in [-0.39, 0.29) is 12.7 Å². The minimum atomic E-state index is -3.72. The van der Waals surface area contributed by atoms with Gasteiger partial charge >= 0.3 is 7.82 Å². The maximum absolute atomic E-state index is 12.4. The van der Waals surface area contributed by atoms with E-state index in [1.165, 1.54) is 4.90 Å². The first-order valence-corrected chi connectivity index (χ1v) is 8.69. The lowest BCUT2D eigenvalue weighted by atomic mass is 10.1. The summed E-state index contributed by atoms with van der Waals surface area (Å²) < 4.78 is 33.9. The SMILES string of the molecule is C=C1N=C(N)C=CN1[C@@H]1OC2COP(=O)(OC(C)C)O[C@H]2[C@@H]1O. The normalized spacial score (nSPS) is 40.4. The van der Waals surface area contributed by atoms with Gasteiger partial charge in [0, 0.05) is 6.20 Å². The van der Waals surface area contributed by atoms with Crippen LogP contribution < -0.4 is 5.73 Å². The first-order chi connectivity index (χ1) is 10.8. The Kier molecular flexibility index (Phi) is 4.35. The molecule has 0 aromatic heterocycles. The summed E-state index contributed by atoms with van der Waals surface area (Å²) >= 11 is 0. The van der Waals surface area contributed by atoms with E-state index >= 15 is 0 Å². The van der Waals surface area contributed by atoms with Crippen LogP contribution in [0.1, 0.15) is 13.8 Å². The third-order valence-electron chi connectivity index (χ3n) is 3.53. The zero-order valence-electron chi connectivity index (χ0n) is 12.9. The van der Waals surface area contributed by atoms with Gasteiger partial charge < -0.3 is 20.5 Å². The van der Waals surface area contributed by atoms with Gasteiger partial charge in [-0.25, -0.2) is 9.56 Å². The number of nitrogens with zero attached hydrogens (tertiary/aromatic N) is 2. The molecule has 0 aromatic carbocycles. The third-order valence-corrected chi connectivity index (χ3v) is 5.18. The molecule has 128 valence electrons. The molecule has 3 N–H and O–H groups in total. The Morgan fingerprint density at radius 2 is 2.35 bits per heavy atom. The van der Waals surface area contributed by atoms with Crippen LogP contribution in [0.2, 0.25) is 0 Å². The number of fused-ring (bicyclic) bond motifs is 1. The number of phosphoric ester groups is 1. The summed E-state index contributed by atoms with van der Waals surface area (Å²) in [5.74, 6) is 0.640. The quantitative estimate of drug-likeness (QED) is 0.718. The predicted molar refractivity (Wildman–Crippen MR) is 81.1 cm³/mol. The van der Waals surface area contributed by atoms with Gasteiger partial charge in [-0.05, 0) is 19.9 Å². The number of hydrogen-bond donors (Lipinski definition) is 2. The first kappa shape index (κ1) is 16.6. The fraction of sp³-hybridized carbons (Fsp3) is 0.615. The molecule has 0 saturated carbocycles. The maximum Gasteiger partial charge on any atom is 0.475 e. The van der Waals surface area contributed by atoms with Crippen molar-refractivity contribution in [3.05, 3.63) is 24.7 Å². The van der Waals surface area contributed by atoms with E-state index in [2.05, 4.69) is 11.6 Å². The standard InChI is InChI=1S/C13H20N3O6P/c1-7(2)21-23(18)19-6-9-12(22-23)11(17)13(20-9)16-5-4-10(14)15-8(16)3/h4-5,7,9,11-13,17H,3,6H2,1-2H3,(H2,14,15)/t9?,11-,12+,13+,23?/m0/s1. The van der Waals surface area contributed by atoms with Crippen molar-refractivity contribution in [1.29, 1.82) is 0 Å². The molecule has 0 spiro atoms.